The fourth-order valence-corrected chi connectivity index (χ4v) is 3.58. The van der Waals surface area contributed by atoms with E-state index < -0.39 is 6.04 Å². The lowest BCUT2D eigenvalue weighted by atomic mass is 10.0. The molecule has 7 nitrogen and oxygen atoms in total. The van der Waals surface area contributed by atoms with Crippen LogP contribution in [0.5, 0.6) is 5.75 Å². The zero-order valence-electron chi connectivity index (χ0n) is 17.0. The molecule has 4 rings (SSSR count). The van der Waals surface area contributed by atoms with Crippen LogP contribution in [0.15, 0.2) is 71.8 Å². The van der Waals surface area contributed by atoms with Gasteiger partial charge in [-0.1, -0.05) is 30.3 Å². The number of rotatable bonds is 5. The third-order valence-corrected chi connectivity index (χ3v) is 5.22. The first-order valence-electron chi connectivity index (χ1n) is 9.50. The number of methoxy groups -OCH3 is 1. The molecule has 7 heteroatoms. The monoisotopic (exact) mass is 402 g/mol. The molecule has 0 saturated heterocycles. The summed E-state index contributed by atoms with van der Waals surface area (Å²) in [6.45, 7) is 0. The van der Waals surface area contributed by atoms with E-state index in [1.54, 1.807) is 20.4 Å². The Morgan fingerprint density at radius 2 is 1.90 bits per heavy atom. The highest BCUT2D eigenvalue weighted by atomic mass is 16.5. The van der Waals surface area contributed by atoms with Crippen molar-refractivity contribution in [3.63, 3.8) is 0 Å². The Hall–Kier alpha value is -3.87. The Labute approximate surface area is 173 Å². The van der Waals surface area contributed by atoms with Crippen LogP contribution in [-0.2, 0) is 14.1 Å². The smallest absolute Gasteiger partial charge is 0.253 e. The molecule has 0 aliphatic heterocycles. The molecule has 1 unspecified atom stereocenters. The molecule has 2 aromatic heterocycles. The number of imidazole rings is 1. The van der Waals surface area contributed by atoms with Crippen molar-refractivity contribution in [3.8, 4) is 5.75 Å². The van der Waals surface area contributed by atoms with Gasteiger partial charge in [0.05, 0.1) is 18.2 Å². The molecule has 0 spiro atoms. The van der Waals surface area contributed by atoms with Crippen molar-refractivity contribution in [1.82, 2.24) is 19.4 Å². The van der Waals surface area contributed by atoms with Crippen LogP contribution in [0.25, 0.3) is 10.9 Å². The number of aryl methyl sites for hydroxylation is 2. The maximum absolute atomic E-state index is 13.3. The second kappa shape index (κ2) is 7.87. The van der Waals surface area contributed by atoms with Crippen LogP contribution >= 0.6 is 0 Å². The van der Waals surface area contributed by atoms with Gasteiger partial charge in [-0.05, 0) is 23.8 Å². The quantitative estimate of drug-likeness (QED) is 0.557. The lowest BCUT2D eigenvalue weighted by Gasteiger charge is -2.20. The number of benzene rings is 2. The topological polar surface area (TPSA) is 78.2 Å². The van der Waals surface area contributed by atoms with Crippen LogP contribution in [0.3, 0.4) is 0 Å². The number of fused-ring (bicyclic) bond motifs is 1. The van der Waals surface area contributed by atoms with E-state index in [-0.39, 0.29) is 11.5 Å². The standard InChI is InChI=1S/C23H22N4O3/c1-26-12-11-24-22(26)21(15-7-6-8-16(13-15)30-3)25-23(29)18-14-20(28)27(2)19-10-5-4-9-17(18)19/h4-14,21H,1-3H3,(H,25,29). The highest BCUT2D eigenvalue weighted by Crippen LogP contribution is 2.25. The van der Waals surface area contributed by atoms with E-state index in [4.69, 9.17) is 4.74 Å². The third kappa shape index (κ3) is 3.45. The van der Waals surface area contributed by atoms with Crippen molar-refractivity contribution in [2.24, 2.45) is 14.1 Å². The highest BCUT2D eigenvalue weighted by molar-refractivity contribution is 6.06. The molecule has 0 aliphatic carbocycles. The van der Waals surface area contributed by atoms with Gasteiger partial charge >= 0.3 is 0 Å². The first kappa shape index (κ1) is 19.4. The molecule has 1 atom stereocenters. The van der Waals surface area contributed by atoms with Gasteiger partial charge in [0.2, 0.25) is 0 Å². The van der Waals surface area contributed by atoms with Gasteiger partial charge in [0.25, 0.3) is 11.5 Å². The predicted molar refractivity (Wildman–Crippen MR) is 115 cm³/mol. The van der Waals surface area contributed by atoms with Crippen molar-refractivity contribution in [3.05, 3.63) is 94.3 Å². The van der Waals surface area contributed by atoms with E-state index in [1.165, 1.54) is 10.6 Å². The molecule has 152 valence electrons. The minimum Gasteiger partial charge on any atom is -0.497 e. The maximum atomic E-state index is 13.3. The van der Waals surface area contributed by atoms with E-state index in [9.17, 15) is 9.59 Å². The predicted octanol–water partition coefficient (Wildman–Crippen LogP) is 2.80. The Balaban J connectivity index is 1.80. The Morgan fingerprint density at radius 3 is 2.63 bits per heavy atom. The number of aromatic nitrogens is 3. The summed E-state index contributed by atoms with van der Waals surface area (Å²) >= 11 is 0. The van der Waals surface area contributed by atoms with Gasteiger partial charge in [-0.2, -0.15) is 0 Å². The Kier molecular flexibility index (Phi) is 5.10. The lowest BCUT2D eigenvalue weighted by molar-refractivity contribution is 0.0942. The molecule has 30 heavy (non-hydrogen) atoms. The van der Waals surface area contributed by atoms with E-state index in [2.05, 4.69) is 10.3 Å². The number of hydrogen-bond donors (Lipinski definition) is 1. The number of carbonyl (C=O) groups excluding carboxylic acids is 1. The largest absolute Gasteiger partial charge is 0.497 e. The highest BCUT2D eigenvalue weighted by Gasteiger charge is 2.23. The van der Waals surface area contributed by atoms with E-state index in [1.807, 2.05) is 66.3 Å². The van der Waals surface area contributed by atoms with E-state index in [0.29, 0.717) is 28.0 Å². The maximum Gasteiger partial charge on any atom is 0.253 e. The van der Waals surface area contributed by atoms with Crippen molar-refractivity contribution in [2.75, 3.05) is 7.11 Å². The minimum absolute atomic E-state index is 0.242. The minimum atomic E-state index is -0.518. The average molecular weight is 402 g/mol. The van der Waals surface area contributed by atoms with Crippen LogP contribution in [0.4, 0.5) is 0 Å². The van der Waals surface area contributed by atoms with Gasteiger partial charge in [0, 0.05) is 37.9 Å². The molecule has 2 heterocycles. The lowest BCUT2D eigenvalue weighted by Crippen LogP contribution is -2.32. The number of pyridine rings is 1. The fourth-order valence-electron chi connectivity index (χ4n) is 3.58. The average Bonchev–Trinajstić information content (AvgIpc) is 3.20. The summed E-state index contributed by atoms with van der Waals surface area (Å²) in [6, 6.07) is 15.7. The zero-order chi connectivity index (χ0) is 21.3. The number of para-hydroxylation sites is 1. The van der Waals surface area contributed by atoms with Crippen molar-refractivity contribution < 1.29 is 9.53 Å². The molecule has 0 radical (unpaired) electrons. The first-order chi connectivity index (χ1) is 14.5. The van der Waals surface area contributed by atoms with Crippen LogP contribution in [0.1, 0.15) is 27.8 Å². The summed E-state index contributed by atoms with van der Waals surface area (Å²) in [5.74, 6) is 1.00. The van der Waals surface area contributed by atoms with Crippen LogP contribution < -0.4 is 15.6 Å². The Morgan fingerprint density at radius 1 is 1.10 bits per heavy atom. The van der Waals surface area contributed by atoms with E-state index >= 15 is 0 Å². The number of nitrogens with one attached hydrogen (secondary N) is 1. The van der Waals surface area contributed by atoms with Gasteiger partial charge in [-0.25, -0.2) is 4.98 Å². The summed E-state index contributed by atoms with van der Waals surface area (Å²) in [4.78, 5) is 30.2. The van der Waals surface area contributed by atoms with Crippen LogP contribution in [-0.4, -0.2) is 27.1 Å². The molecule has 0 bridgehead atoms. The van der Waals surface area contributed by atoms with Crippen LogP contribution in [0.2, 0.25) is 0 Å². The summed E-state index contributed by atoms with van der Waals surface area (Å²) in [5, 5.41) is 3.77. The zero-order valence-corrected chi connectivity index (χ0v) is 17.0. The first-order valence-corrected chi connectivity index (χ1v) is 9.50. The molecular formula is C23H22N4O3. The second-order valence-electron chi connectivity index (χ2n) is 7.05. The second-order valence-corrected chi connectivity index (χ2v) is 7.05. The summed E-state index contributed by atoms with van der Waals surface area (Å²) in [7, 11) is 5.16. The van der Waals surface area contributed by atoms with Crippen molar-refractivity contribution >= 4 is 16.8 Å². The molecule has 0 aliphatic rings. The van der Waals surface area contributed by atoms with Gasteiger partial charge < -0.3 is 19.2 Å². The van der Waals surface area contributed by atoms with Gasteiger partial charge in [0.15, 0.2) is 0 Å². The number of nitrogens with zero attached hydrogens (tertiary/aromatic N) is 3. The van der Waals surface area contributed by atoms with E-state index in [0.717, 1.165) is 5.56 Å². The number of carbonyl (C=O) groups is 1. The molecular weight excluding hydrogens is 380 g/mol. The van der Waals surface area contributed by atoms with Crippen molar-refractivity contribution in [2.45, 2.75) is 6.04 Å². The van der Waals surface area contributed by atoms with Gasteiger partial charge in [0.1, 0.15) is 17.6 Å². The van der Waals surface area contributed by atoms with Gasteiger partial charge in [-0.15, -0.1) is 0 Å². The third-order valence-electron chi connectivity index (χ3n) is 5.22. The SMILES string of the molecule is COc1cccc(C(NC(=O)c2cc(=O)n(C)c3ccccc23)c2nccn2C)c1. The number of hydrogen-bond acceptors (Lipinski definition) is 4. The van der Waals surface area contributed by atoms with Crippen molar-refractivity contribution in [1.29, 1.82) is 0 Å². The summed E-state index contributed by atoms with van der Waals surface area (Å²) in [5.41, 5.74) is 1.61. The summed E-state index contributed by atoms with van der Waals surface area (Å²) in [6.07, 6.45) is 3.50. The molecule has 1 N–H and O–H groups in total. The molecule has 4 aromatic rings. The fraction of sp³-hybridized carbons (Fsp3) is 0.174. The molecule has 0 saturated carbocycles. The number of amides is 1. The summed E-state index contributed by atoms with van der Waals surface area (Å²) < 4.78 is 8.73. The van der Waals surface area contributed by atoms with Crippen LogP contribution in [0, 0.1) is 0 Å². The molecule has 0 fully saturated rings. The number of ether oxygens (including phenoxy) is 1. The van der Waals surface area contributed by atoms with Gasteiger partial charge in [-0.3, -0.25) is 9.59 Å². The normalized spacial score (nSPS) is 12.0. The molecule has 2 aromatic carbocycles. The Bertz CT molecular complexity index is 1290. The molecule has 1 amide bonds.